The Morgan fingerprint density at radius 1 is 1.42 bits per heavy atom. The summed E-state index contributed by atoms with van der Waals surface area (Å²) in [5.41, 5.74) is 1.01. The molecule has 0 saturated carbocycles. The van der Waals surface area contributed by atoms with Crippen LogP contribution in [0.25, 0.3) is 0 Å². The molecule has 106 valence electrons. The van der Waals surface area contributed by atoms with E-state index in [4.69, 9.17) is 33.0 Å². The predicted molar refractivity (Wildman–Crippen MR) is 76.4 cm³/mol. The number of hydrogen-bond donors (Lipinski definition) is 1. The van der Waals surface area contributed by atoms with E-state index in [9.17, 15) is 4.79 Å². The Morgan fingerprint density at radius 3 is 2.79 bits per heavy atom. The van der Waals surface area contributed by atoms with Crippen molar-refractivity contribution >= 4 is 41.6 Å². The maximum Gasteiger partial charge on any atom is 0.334 e. The van der Waals surface area contributed by atoms with E-state index in [0.29, 0.717) is 36.3 Å². The molecule has 1 fully saturated rings. The SMILES string of the molecule is Cl.O=C(O)C1CN(Cc2ccc(Cl)c(Cl)c2)CCO1. The van der Waals surface area contributed by atoms with Gasteiger partial charge in [-0.2, -0.15) is 0 Å². The molecule has 1 unspecified atom stereocenters. The van der Waals surface area contributed by atoms with Gasteiger partial charge in [-0.1, -0.05) is 29.3 Å². The summed E-state index contributed by atoms with van der Waals surface area (Å²) in [4.78, 5) is 12.9. The number of carboxylic acid groups (broad SMARTS) is 1. The van der Waals surface area contributed by atoms with E-state index in [1.54, 1.807) is 12.1 Å². The zero-order valence-electron chi connectivity index (χ0n) is 10.0. The zero-order chi connectivity index (χ0) is 13.1. The van der Waals surface area contributed by atoms with Crippen LogP contribution in [-0.2, 0) is 16.1 Å². The second-order valence-corrected chi connectivity index (χ2v) is 5.00. The van der Waals surface area contributed by atoms with Crippen LogP contribution >= 0.6 is 35.6 Å². The standard InChI is InChI=1S/C12H13Cl2NO3.ClH/c13-9-2-1-8(5-10(9)14)6-15-3-4-18-11(7-15)12(16)17;/h1-2,5,11H,3-4,6-7H2,(H,16,17);1H. The summed E-state index contributed by atoms with van der Waals surface area (Å²) in [6.07, 6.45) is -0.749. The minimum atomic E-state index is -0.922. The first-order chi connectivity index (χ1) is 8.56. The lowest BCUT2D eigenvalue weighted by atomic mass is 10.2. The molecule has 0 bridgehead atoms. The molecule has 1 aromatic carbocycles. The third-order valence-electron chi connectivity index (χ3n) is 2.82. The summed E-state index contributed by atoms with van der Waals surface area (Å²) in [5, 5.41) is 9.94. The molecular formula is C12H14Cl3NO3. The fourth-order valence-electron chi connectivity index (χ4n) is 1.89. The van der Waals surface area contributed by atoms with Crippen molar-refractivity contribution in [2.45, 2.75) is 12.6 Å². The van der Waals surface area contributed by atoms with Crippen LogP contribution in [0.2, 0.25) is 10.0 Å². The second kappa shape index (κ2) is 7.31. The third-order valence-corrected chi connectivity index (χ3v) is 3.56. The van der Waals surface area contributed by atoms with Crippen LogP contribution in [0.4, 0.5) is 0 Å². The first kappa shape index (κ1) is 16.5. The first-order valence-corrected chi connectivity index (χ1v) is 6.32. The van der Waals surface area contributed by atoms with Gasteiger partial charge in [0.1, 0.15) is 0 Å². The van der Waals surface area contributed by atoms with Gasteiger partial charge in [-0.3, -0.25) is 4.90 Å². The van der Waals surface area contributed by atoms with Crippen molar-refractivity contribution in [1.29, 1.82) is 0 Å². The topological polar surface area (TPSA) is 49.8 Å². The smallest absolute Gasteiger partial charge is 0.334 e. The normalized spacial score (nSPS) is 19.8. The van der Waals surface area contributed by atoms with Gasteiger partial charge >= 0.3 is 5.97 Å². The van der Waals surface area contributed by atoms with Gasteiger partial charge in [0.05, 0.1) is 16.7 Å². The highest BCUT2D eigenvalue weighted by Gasteiger charge is 2.26. The number of benzene rings is 1. The quantitative estimate of drug-likeness (QED) is 0.928. The fourth-order valence-corrected chi connectivity index (χ4v) is 2.21. The highest BCUT2D eigenvalue weighted by molar-refractivity contribution is 6.42. The molecule has 4 nitrogen and oxygen atoms in total. The van der Waals surface area contributed by atoms with E-state index in [-0.39, 0.29) is 12.4 Å². The second-order valence-electron chi connectivity index (χ2n) is 4.18. The Hall–Kier alpha value is -0.520. The molecule has 0 spiro atoms. The number of carbonyl (C=O) groups is 1. The Bertz CT molecular complexity index is 456. The number of ether oxygens (including phenoxy) is 1. The average Bonchev–Trinajstić information content (AvgIpc) is 2.34. The van der Waals surface area contributed by atoms with Crippen molar-refractivity contribution in [3.05, 3.63) is 33.8 Å². The van der Waals surface area contributed by atoms with Crippen molar-refractivity contribution < 1.29 is 14.6 Å². The van der Waals surface area contributed by atoms with Crippen molar-refractivity contribution in [2.24, 2.45) is 0 Å². The molecule has 1 aromatic rings. The lowest BCUT2D eigenvalue weighted by Gasteiger charge is -2.30. The van der Waals surface area contributed by atoms with Crippen LogP contribution in [0.1, 0.15) is 5.56 Å². The van der Waals surface area contributed by atoms with Crippen molar-refractivity contribution in [3.8, 4) is 0 Å². The molecule has 1 heterocycles. The number of morpholine rings is 1. The van der Waals surface area contributed by atoms with E-state index in [0.717, 1.165) is 5.56 Å². The number of halogens is 3. The van der Waals surface area contributed by atoms with Gasteiger partial charge in [-0.05, 0) is 17.7 Å². The van der Waals surface area contributed by atoms with Gasteiger partial charge in [0.15, 0.2) is 6.10 Å². The predicted octanol–water partition coefficient (Wildman–Crippen LogP) is 2.70. The summed E-state index contributed by atoms with van der Waals surface area (Å²) in [7, 11) is 0. The van der Waals surface area contributed by atoms with E-state index in [1.165, 1.54) is 0 Å². The van der Waals surface area contributed by atoms with E-state index in [1.807, 2.05) is 11.0 Å². The molecule has 0 radical (unpaired) electrons. The Balaban J connectivity index is 0.00000180. The summed E-state index contributed by atoms with van der Waals surface area (Å²) in [5.74, 6) is -0.922. The molecule has 0 amide bonds. The largest absolute Gasteiger partial charge is 0.479 e. The van der Waals surface area contributed by atoms with Gasteiger partial charge in [-0.25, -0.2) is 4.79 Å². The van der Waals surface area contributed by atoms with E-state index < -0.39 is 12.1 Å². The van der Waals surface area contributed by atoms with E-state index in [2.05, 4.69) is 0 Å². The summed E-state index contributed by atoms with van der Waals surface area (Å²) in [6.45, 7) is 2.17. The Morgan fingerprint density at radius 2 is 2.16 bits per heavy atom. The summed E-state index contributed by atoms with van der Waals surface area (Å²) < 4.78 is 5.16. The highest BCUT2D eigenvalue weighted by atomic mass is 35.5. The number of hydrogen-bond acceptors (Lipinski definition) is 3. The summed E-state index contributed by atoms with van der Waals surface area (Å²) in [6, 6.07) is 5.43. The molecule has 0 aliphatic carbocycles. The van der Waals surface area contributed by atoms with Gasteiger partial charge < -0.3 is 9.84 Å². The lowest BCUT2D eigenvalue weighted by molar-refractivity contribution is -0.156. The third kappa shape index (κ3) is 4.51. The number of rotatable bonds is 3. The Kier molecular flexibility index (Phi) is 6.36. The van der Waals surface area contributed by atoms with Gasteiger partial charge in [0.25, 0.3) is 0 Å². The molecule has 7 heteroatoms. The number of nitrogens with zero attached hydrogens (tertiary/aromatic N) is 1. The summed E-state index contributed by atoms with van der Waals surface area (Å²) >= 11 is 11.8. The van der Waals surface area contributed by atoms with Crippen LogP contribution in [0, 0.1) is 0 Å². The maximum absolute atomic E-state index is 10.9. The van der Waals surface area contributed by atoms with Crippen LogP contribution in [-0.4, -0.2) is 41.8 Å². The molecule has 1 aliphatic heterocycles. The minimum absolute atomic E-state index is 0. The van der Waals surface area contributed by atoms with Gasteiger partial charge in [0, 0.05) is 19.6 Å². The fraction of sp³-hybridized carbons (Fsp3) is 0.417. The molecule has 19 heavy (non-hydrogen) atoms. The van der Waals surface area contributed by atoms with Gasteiger partial charge in [-0.15, -0.1) is 12.4 Å². The molecule has 1 atom stereocenters. The molecule has 2 rings (SSSR count). The molecule has 1 N–H and O–H groups in total. The average molecular weight is 327 g/mol. The maximum atomic E-state index is 10.9. The van der Waals surface area contributed by atoms with Crippen molar-refractivity contribution in [2.75, 3.05) is 19.7 Å². The molecular weight excluding hydrogens is 312 g/mol. The van der Waals surface area contributed by atoms with Crippen molar-refractivity contribution in [1.82, 2.24) is 4.90 Å². The monoisotopic (exact) mass is 325 g/mol. The van der Waals surface area contributed by atoms with Crippen LogP contribution < -0.4 is 0 Å². The first-order valence-electron chi connectivity index (χ1n) is 5.57. The number of aliphatic carboxylic acids is 1. The van der Waals surface area contributed by atoms with Crippen LogP contribution in [0.3, 0.4) is 0 Å². The minimum Gasteiger partial charge on any atom is -0.479 e. The van der Waals surface area contributed by atoms with E-state index >= 15 is 0 Å². The lowest BCUT2D eigenvalue weighted by Crippen LogP contribution is -2.45. The van der Waals surface area contributed by atoms with Crippen molar-refractivity contribution in [3.63, 3.8) is 0 Å². The molecule has 0 aromatic heterocycles. The van der Waals surface area contributed by atoms with Crippen LogP contribution in [0.15, 0.2) is 18.2 Å². The zero-order valence-corrected chi connectivity index (χ0v) is 12.3. The molecule has 1 saturated heterocycles. The Labute approximate surface area is 127 Å². The highest BCUT2D eigenvalue weighted by Crippen LogP contribution is 2.23. The van der Waals surface area contributed by atoms with Gasteiger partial charge in [0.2, 0.25) is 0 Å². The number of carboxylic acids is 1. The molecule has 1 aliphatic rings. The van der Waals surface area contributed by atoms with Crippen LogP contribution in [0.5, 0.6) is 0 Å².